The van der Waals surface area contributed by atoms with Gasteiger partial charge in [0.05, 0.1) is 18.8 Å². The number of hydrogen-bond donors (Lipinski definition) is 1. The Labute approximate surface area is 97.3 Å². The van der Waals surface area contributed by atoms with Gasteiger partial charge < -0.3 is 9.64 Å². The van der Waals surface area contributed by atoms with Crippen LogP contribution in [0.1, 0.15) is 39.0 Å². The molecule has 2 unspecified atom stereocenters. The normalized spacial score (nSPS) is 31.1. The van der Waals surface area contributed by atoms with Crippen molar-refractivity contribution in [1.82, 2.24) is 10.2 Å². The average molecular weight is 226 g/mol. The van der Waals surface area contributed by atoms with E-state index in [1.165, 1.54) is 12.8 Å². The van der Waals surface area contributed by atoms with Crippen LogP contribution in [0.15, 0.2) is 0 Å². The highest BCUT2D eigenvalue weighted by Crippen LogP contribution is 2.16. The molecule has 1 N–H and O–H groups in total. The molecule has 4 heteroatoms. The fourth-order valence-electron chi connectivity index (χ4n) is 2.47. The highest BCUT2D eigenvalue weighted by atomic mass is 16.5. The third-order valence-corrected chi connectivity index (χ3v) is 3.41. The van der Waals surface area contributed by atoms with Crippen LogP contribution >= 0.6 is 0 Å². The second-order valence-corrected chi connectivity index (χ2v) is 4.75. The maximum Gasteiger partial charge on any atom is 0.240 e. The van der Waals surface area contributed by atoms with E-state index < -0.39 is 0 Å². The standard InChI is InChI=1S/C12H22N2O2/c1-2-5-11-12(15)14(9-13-11)8-10-6-3-4-7-16-10/h10-11,13H,2-9H2,1H3. The van der Waals surface area contributed by atoms with Gasteiger partial charge in [0.25, 0.3) is 0 Å². The van der Waals surface area contributed by atoms with Gasteiger partial charge in [0.2, 0.25) is 5.91 Å². The Hall–Kier alpha value is -0.610. The first-order valence-corrected chi connectivity index (χ1v) is 6.45. The van der Waals surface area contributed by atoms with Crippen LogP contribution in [0.4, 0.5) is 0 Å². The lowest BCUT2D eigenvalue weighted by molar-refractivity contribution is -0.131. The Kier molecular flexibility index (Phi) is 4.18. The van der Waals surface area contributed by atoms with E-state index >= 15 is 0 Å². The molecule has 0 aromatic heterocycles. The average Bonchev–Trinajstić information content (AvgIpc) is 2.64. The van der Waals surface area contributed by atoms with E-state index in [1.54, 1.807) is 0 Å². The maximum atomic E-state index is 12.0. The molecule has 2 aliphatic heterocycles. The zero-order chi connectivity index (χ0) is 11.4. The van der Waals surface area contributed by atoms with Crippen LogP contribution in [0.25, 0.3) is 0 Å². The van der Waals surface area contributed by atoms with E-state index in [1.807, 2.05) is 4.90 Å². The summed E-state index contributed by atoms with van der Waals surface area (Å²) in [7, 11) is 0. The van der Waals surface area contributed by atoms with Gasteiger partial charge in [0.1, 0.15) is 0 Å². The fraction of sp³-hybridized carbons (Fsp3) is 0.917. The number of hydrogen-bond acceptors (Lipinski definition) is 3. The van der Waals surface area contributed by atoms with Gasteiger partial charge in [-0.1, -0.05) is 13.3 Å². The van der Waals surface area contributed by atoms with Crippen molar-refractivity contribution in [3.05, 3.63) is 0 Å². The number of carbonyl (C=O) groups excluding carboxylic acids is 1. The van der Waals surface area contributed by atoms with Crippen molar-refractivity contribution in [2.45, 2.75) is 51.2 Å². The quantitative estimate of drug-likeness (QED) is 0.781. The van der Waals surface area contributed by atoms with E-state index in [0.717, 1.165) is 32.4 Å². The van der Waals surface area contributed by atoms with Gasteiger partial charge in [0.15, 0.2) is 0 Å². The summed E-state index contributed by atoms with van der Waals surface area (Å²) >= 11 is 0. The monoisotopic (exact) mass is 226 g/mol. The predicted molar refractivity (Wildman–Crippen MR) is 62.0 cm³/mol. The lowest BCUT2D eigenvalue weighted by Gasteiger charge is -2.26. The number of amides is 1. The van der Waals surface area contributed by atoms with Crippen LogP contribution in [-0.2, 0) is 9.53 Å². The van der Waals surface area contributed by atoms with Gasteiger partial charge in [-0.15, -0.1) is 0 Å². The molecule has 92 valence electrons. The third kappa shape index (κ3) is 2.74. The molecule has 0 bridgehead atoms. The summed E-state index contributed by atoms with van der Waals surface area (Å²) in [6, 6.07) is 0.0496. The van der Waals surface area contributed by atoms with E-state index in [0.29, 0.717) is 6.67 Å². The summed E-state index contributed by atoms with van der Waals surface area (Å²) in [6.45, 7) is 4.44. The minimum Gasteiger partial charge on any atom is -0.376 e. The van der Waals surface area contributed by atoms with E-state index in [4.69, 9.17) is 4.74 Å². The molecule has 2 fully saturated rings. The molecule has 2 heterocycles. The van der Waals surface area contributed by atoms with Crippen LogP contribution in [0.5, 0.6) is 0 Å². The minimum absolute atomic E-state index is 0.0496. The number of ether oxygens (including phenoxy) is 1. The van der Waals surface area contributed by atoms with Crippen molar-refractivity contribution in [3.8, 4) is 0 Å². The molecule has 0 saturated carbocycles. The maximum absolute atomic E-state index is 12.0. The van der Waals surface area contributed by atoms with Crippen molar-refractivity contribution >= 4 is 5.91 Å². The zero-order valence-corrected chi connectivity index (χ0v) is 10.1. The zero-order valence-electron chi connectivity index (χ0n) is 10.1. The summed E-state index contributed by atoms with van der Waals surface area (Å²) in [5.41, 5.74) is 0. The van der Waals surface area contributed by atoms with Gasteiger partial charge in [0, 0.05) is 13.2 Å². The summed E-state index contributed by atoms with van der Waals surface area (Å²) in [4.78, 5) is 13.9. The summed E-state index contributed by atoms with van der Waals surface area (Å²) < 4.78 is 5.66. The SMILES string of the molecule is CCCC1NCN(CC2CCCCO2)C1=O. The Morgan fingerprint density at radius 1 is 1.50 bits per heavy atom. The predicted octanol–water partition coefficient (Wildman–Crippen LogP) is 1.11. The molecule has 0 radical (unpaired) electrons. The first kappa shape index (κ1) is 11.9. The second kappa shape index (κ2) is 5.64. The Morgan fingerprint density at radius 3 is 3.06 bits per heavy atom. The third-order valence-electron chi connectivity index (χ3n) is 3.41. The minimum atomic E-state index is 0.0496. The van der Waals surface area contributed by atoms with Crippen LogP contribution in [0, 0.1) is 0 Å². The molecule has 2 aliphatic rings. The van der Waals surface area contributed by atoms with Crippen LogP contribution in [0.3, 0.4) is 0 Å². The number of carbonyl (C=O) groups is 1. The number of rotatable bonds is 4. The molecule has 0 spiro atoms. The fourth-order valence-corrected chi connectivity index (χ4v) is 2.47. The number of nitrogens with one attached hydrogen (secondary N) is 1. The molecule has 0 aliphatic carbocycles. The van der Waals surface area contributed by atoms with Gasteiger partial charge >= 0.3 is 0 Å². The number of nitrogens with zero attached hydrogens (tertiary/aromatic N) is 1. The smallest absolute Gasteiger partial charge is 0.240 e. The Bertz CT molecular complexity index is 239. The molecule has 4 nitrogen and oxygen atoms in total. The van der Waals surface area contributed by atoms with Crippen molar-refractivity contribution < 1.29 is 9.53 Å². The molecular formula is C12H22N2O2. The molecule has 1 amide bonds. The summed E-state index contributed by atoms with van der Waals surface area (Å²) in [6.07, 6.45) is 5.76. The van der Waals surface area contributed by atoms with Crippen molar-refractivity contribution in [3.63, 3.8) is 0 Å². The van der Waals surface area contributed by atoms with Gasteiger partial charge in [-0.25, -0.2) is 0 Å². The molecule has 2 rings (SSSR count). The second-order valence-electron chi connectivity index (χ2n) is 4.75. The van der Waals surface area contributed by atoms with E-state index in [-0.39, 0.29) is 18.1 Å². The van der Waals surface area contributed by atoms with Crippen LogP contribution in [-0.4, -0.2) is 42.8 Å². The van der Waals surface area contributed by atoms with E-state index in [2.05, 4.69) is 12.2 Å². The lowest BCUT2D eigenvalue weighted by atomic mass is 10.1. The van der Waals surface area contributed by atoms with Crippen LogP contribution in [0.2, 0.25) is 0 Å². The largest absolute Gasteiger partial charge is 0.376 e. The molecule has 16 heavy (non-hydrogen) atoms. The Morgan fingerprint density at radius 2 is 2.38 bits per heavy atom. The molecular weight excluding hydrogens is 204 g/mol. The first-order chi connectivity index (χ1) is 7.81. The lowest BCUT2D eigenvalue weighted by Crippen LogP contribution is -2.38. The molecule has 2 saturated heterocycles. The highest BCUT2D eigenvalue weighted by molar-refractivity contribution is 5.83. The van der Waals surface area contributed by atoms with Crippen molar-refractivity contribution in [2.24, 2.45) is 0 Å². The molecule has 2 atom stereocenters. The van der Waals surface area contributed by atoms with Crippen molar-refractivity contribution in [1.29, 1.82) is 0 Å². The highest BCUT2D eigenvalue weighted by Gasteiger charge is 2.31. The summed E-state index contributed by atoms with van der Waals surface area (Å²) in [5.74, 6) is 0.260. The molecule has 0 aromatic rings. The van der Waals surface area contributed by atoms with Gasteiger partial charge in [-0.3, -0.25) is 10.1 Å². The van der Waals surface area contributed by atoms with Crippen molar-refractivity contribution in [2.75, 3.05) is 19.8 Å². The van der Waals surface area contributed by atoms with Crippen LogP contribution < -0.4 is 5.32 Å². The van der Waals surface area contributed by atoms with Gasteiger partial charge in [-0.05, 0) is 25.7 Å². The first-order valence-electron chi connectivity index (χ1n) is 6.45. The topological polar surface area (TPSA) is 41.6 Å². The molecule has 0 aromatic carbocycles. The van der Waals surface area contributed by atoms with E-state index in [9.17, 15) is 4.79 Å². The van der Waals surface area contributed by atoms with Gasteiger partial charge in [-0.2, -0.15) is 0 Å². The summed E-state index contributed by atoms with van der Waals surface area (Å²) in [5, 5.41) is 3.27. The Balaban J connectivity index is 1.79.